The number of hydrogen-bond donors (Lipinski definition) is 0. The van der Waals surface area contributed by atoms with Gasteiger partial charge in [-0.25, -0.2) is 0 Å². The normalized spacial score (nSPS) is 25.7. The summed E-state index contributed by atoms with van der Waals surface area (Å²) in [4.78, 5) is 10.5. The van der Waals surface area contributed by atoms with E-state index in [9.17, 15) is 4.79 Å². The molecule has 0 fully saturated rings. The summed E-state index contributed by atoms with van der Waals surface area (Å²) < 4.78 is 5.79. The Morgan fingerprint density at radius 2 is 1.68 bits per heavy atom. The zero-order chi connectivity index (χ0) is 16.5. The molecular weight excluding hydrogens is 316 g/mol. The Kier molecular flexibility index (Phi) is 9.26. The van der Waals surface area contributed by atoms with E-state index in [-0.39, 0.29) is 0 Å². The average molecular weight is 342 g/mol. The van der Waals surface area contributed by atoms with Gasteiger partial charge in [0.1, 0.15) is 0 Å². The van der Waals surface area contributed by atoms with E-state index in [1.807, 2.05) is 0 Å². The molecule has 0 spiro atoms. The summed E-state index contributed by atoms with van der Waals surface area (Å²) in [6, 6.07) is 0. The zero-order valence-corrected chi connectivity index (χ0v) is 15.4. The van der Waals surface area contributed by atoms with Crippen molar-refractivity contribution in [3.05, 3.63) is 22.3 Å². The van der Waals surface area contributed by atoms with Gasteiger partial charge in [0.2, 0.25) is 0 Å². The van der Waals surface area contributed by atoms with Crippen LogP contribution in [0.15, 0.2) is 22.3 Å². The van der Waals surface area contributed by atoms with Gasteiger partial charge in [0, 0.05) is 0 Å². The van der Waals surface area contributed by atoms with Crippen LogP contribution in [0.4, 0.5) is 0 Å². The summed E-state index contributed by atoms with van der Waals surface area (Å²) in [6.07, 6.45) is 9.17. The third-order valence-electron chi connectivity index (χ3n) is 4.77. The van der Waals surface area contributed by atoms with E-state index in [2.05, 4.69) is 6.92 Å². The Labute approximate surface area is 143 Å². The third kappa shape index (κ3) is 4.11. The summed E-state index contributed by atoms with van der Waals surface area (Å²) >= 11 is -0.579. The second-order valence-corrected chi connectivity index (χ2v) is 7.47. The number of carbonyl (C=O) groups excluding carboxylic acids is 1. The van der Waals surface area contributed by atoms with E-state index < -0.39 is 19.5 Å². The summed E-state index contributed by atoms with van der Waals surface area (Å²) in [5.41, 5.74) is 6.81. The minimum absolute atomic E-state index is 0.579. The van der Waals surface area contributed by atoms with Gasteiger partial charge in [0.25, 0.3) is 0 Å². The molecule has 2 unspecified atom stereocenters. The first kappa shape index (κ1) is 19.6. The molecule has 0 saturated heterocycles. The molecule has 0 amide bonds. The Balaban J connectivity index is 0.000000561. The van der Waals surface area contributed by atoms with Gasteiger partial charge in [-0.2, -0.15) is 14.2 Å². The van der Waals surface area contributed by atoms with Crippen LogP contribution in [-0.4, -0.2) is 20.7 Å². The van der Waals surface area contributed by atoms with Crippen LogP contribution in [0.3, 0.4) is 0 Å². The maximum atomic E-state index is 10.5. The van der Waals surface area contributed by atoms with E-state index in [0.717, 1.165) is 14.2 Å². The number of hydrogen-bond acceptors (Lipinski definition) is 4. The van der Waals surface area contributed by atoms with Gasteiger partial charge in [-0.1, -0.05) is 0 Å². The number of fused-ring (bicyclic) bond motifs is 1. The minimum Gasteiger partial charge on any atom is -0.857 e. The molecule has 3 aliphatic rings. The van der Waals surface area contributed by atoms with Gasteiger partial charge in [0.15, 0.2) is 0 Å². The quantitative estimate of drug-likeness (QED) is 0.580. The Morgan fingerprint density at radius 3 is 2.36 bits per heavy atom. The van der Waals surface area contributed by atoms with Crippen molar-refractivity contribution in [1.82, 2.24) is 0 Å². The van der Waals surface area contributed by atoms with Gasteiger partial charge >= 0.3 is 118 Å². The van der Waals surface area contributed by atoms with Crippen molar-refractivity contribution >= 4 is 6.47 Å². The predicted molar refractivity (Wildman–Crippen MR) is 78.3 cm³/mol. The summed E-state index contributed by atoms with van der Waals surface area (Å²) in [5.74, 6) is 0.652. The van der Waals surface area contributed by atoms with Gasteiger partial charge in [-0.05, 0) is 0 Å². The van der Waals surface area contributed by atoms with Crippen molar-refractivity contribution in [2.24, 2.45) is 5.92 Å². The number of carbonyl (C=O) groups is 1. The number of allylic oxidation sites excluding steroid dienone is 4. The van der Waals surface area contributed by atoms with E-state index in [1.54, 1.807) is 22.3 Å². The average Bonchev–Trinajstić information content (AvgIpc) is 2.91. The van der Waals surface area contributed by atoms with Gasteiger partial charge < -0.3 is 10.2 Å². The SMILES string of the molecule is CC1C2=C(CCCC2)C2=C1[CH]([Ti+2][O]C=O)CCC2.C[O-].C[O-]. The first-order valence-corrected chi connectivity index (χ1v) is 9.48. The molecule has 4 nitrogen and oxygen atoms in total. The van der Waals surface area contributed by atoms with Crippen molar-refractivity contribution < 1.29 is 37.9 Å². The Bertz CT molecular complexity index is 428. The van der Waals surface area contributed by atoms with E-state index in [1.165, 1.54) is 44.9 Å². The second-order valence-electron chi connectivity index (χ2n) is 5.64. The van der Waals surface area contributed by atoms with Crippen molar-refractivity contribution in [3.63, 3.8) is 0 Å². The fourth-order valence-corrected chi connectivity index (χ4v) is 5.76. The molecule has 2 atom stereocenters. The summed E-state index contributed by atoms with van der Waals surface area (Å²) in [7, 11) is 1.50. The molecule has 122 valence electrons. The second kappa shape index (κ2) is 10.4. The maximum Gasteiger partial charge on any atom is -0.153 e. The van der Waals surface area contributed by atoms with Gasteiger partial charge in [-0.15, -0.1) is 0 Å². The molecule has 5 heteroatoms. The van der Waals surface area contributed by atoms with Crippen LogP contribution in [0.25, 0.3) is 0 Å². The third-order valence-corrected chi connectivity index (χ3v) is 6.51. The fraction of sp³-hybridized carbons (Fsp3) is 0.706. The zero-order valence-electron chi connectivity index (χ0n) is 13.8. The van der Waals surface area contributed by atoms with Crippen molar-refractivity contribution in [3.8, 4) is 0 Å². The smallest absolute Gasteiger partial charge is 0.153 e. The van der Waals surface area contributed by atoms with Crippen LogP contribution in [0.5, 0.6) is 0 Å². The maximum absolute atomic E-state index is 10.5. The monoisotopic (exact) mass is 342 g/mol. The van der Waals surface area contributed by atoms with E-state index >= 15 is 0 Å². The van der Waals surface area contributed by atoms with Crippen molar-refractivity contribution in [2.45, 2.75) is 56.1 Å². The van der Waals surface area contributed by atoms with Crippen LogP contribution >= 0.6 is 0 Å². The largest absolute Gasteiger partial charge is 0.857 e. The molecule has 0 aromatic heterocycles. The van der Waals surface area contributed by atoms with Crippen LogP contribution in [0.2, 0.25) is 4.22 Å². The van der Waals surface area contributed by atoms with E-state index in [0.29, 0.717) is 16.6 Å². The molecular formula is C17H26O4Ti. The predicted octanol–water partition coefficient (Wildman–Crippen LogP) is 1.90. The Morgan fingerprint density at radius 1 is 1.05 bits per heavy atom. The molecule has 3 rings (SSSR count). The first-order chi connectivity index (χ1) is 10.8. The molecule has 22 heavy (non-hydrogen) atoms. The summed E-state index contributed by atoms with van der Waals surface area (Å²) in [5, 5.41) is 16.5. The standard InChI is InChI=1S/C14H19.CH2O2.2CH3O.Ti/c1-10-11-6-2-4-8-13(11)14-9-5-3-7-12(10)14;2-1-3;2*1-2;/h6,10H,2-5,7-9H2,1H3;1H,(H,2,3);2*1H3;/q;;2*-1;+3/p-1. The molecule has 0 radical (unpaired) electrons. The molecule has 0 aromatic carbocycles. The van der Waals surface area contributed by atoms with Crippen molar-refractivity contribution in [2.75, 3.05) is 14.2 Å². The summed E-state index contributed by atoms with van der Waals surface area (Å²) in [6.45, 7) is 3.04. The Hall–Kier alpha value is -0.416. The molecule has 0 saturated carbocycles. The molecule has 3 aliphatic carbocycles. The van der Waals surface area contributed by atoms with Crippen LogP contribution < -0.4 is 10.2 Å². The van der Waals surface area contributed by atoms with Gasteiger partial charge in [-0.3, -0.25) is 0 Å². The van der Waals surface area contributed by atoms with Crippen LogP contribution in [0, 0.1) is 5.92 Å². The molecule has 0 heterocycles. The van der Waals surface area contributed by atoms with Crippen molar-refractivity contribution in [1.29, 1.82) is 0 Å². The first-order valence-electron chi connectivity index (χ1n) is 7.94. The van der Waals surface area contributed by atoms with E-state index in [4.69, 9.17) is 13.5 Å². The molecule has 0 bridgehead atoms. The topological polar surface area (TPSA) is 72.4 Å². The fourth-order valence-electron chi connectivity index (χ4n) is 4.05. The molecule has 0 aliphatic heterocycles. The van der Waals surface area contributed by atoms with Crippen LogP contribution in [0.1, 0.15) is 51.9 Å². The molecule has 0 aromatic rings. The minimum atomic E-state index is -0.579. The number of rotatable bonds is 3. The van der Waals surface area contributed by atoms with Crippen LogP contribution in [-0.2, 0) is 27.7 Å². The molecule has 0 N–H and O–H groups in total. The van der Waals surface area contributed by atoms with Gasteiger partial charge in [0.05, 0.1) is 0 Å².